The van der Waals surface area contributed by atoms with E-state index in [1.54, 1.807) is 16.9 Å². The van der Waals surface area contributed by atoms with E-state index in [0.29, 0.717) is 18.2 Å². The fraction of sp³-hybridized carbons (Fsp3) is 0.222. The molecule has 2 heterocycles. The molecular formula is C9H14N8. The Morgan fingerprint density at radius 1 is 1.35 bits per heavy atom. The molecule has 17 heavy (non-hydrogen) atoms. The lowest BCUT2D eigenvalue weighted by molar-refractivity contribution is 0.767. The number of nitrogens with zero attached hydrogens (tertiary/aromatic N) is 4. The average Bonchev–Trinajstić information content (AvgIpc) is 2.72. The van der Waals surface area contributed by atoms with Crippen LogP contribution in [-0.4, -0.2) is 19.7 Å². The third-order valence-corrected chi connectivity index (χ3v) is 2.12. The number of rotatable bonds is 4. The molecule has 0 aliphatic carbocycles. The van der Waals surface area contributed by atoms with Gasteiger partial charge in [-0.1, -0.05) is 0 Å². The van der Waals surface area contributed by atoms with Crippen LogP contribution >= 0.6 is 0 Å². The Morgan fingerprint density at radius 3 is 2.76 bits per heavy atom. The van der Waals surface area contributed by atoms with E-state index >= 15 is 0 Å². The molecule has 2 aromatic heterocycles. The molecule has 0 unspecified atom stereocenters. The standard InChI is InChI=1S/C9H14N8/c1-17-5-6(4-13-17)3-12-7-2-8(16-11)15-9(10)14-7/h2,4-5H,3,11H2,1H3,(H4,10,12,14,15,16). The van der Waals surface area contributed by atoms with Gasteiger partial charge in [-0.3, -0.25) is 4.68 Å². The molecule has 0 amide bonds. The predicted octanol–water partition coefficient (Wildman–Crippen LogP) is -0.310. The summed E-state index contributed by atoms with van der Waals surface area (Å²) in [7, 11) is 1.86. The van der Waals surface area contributed by atoms with Crippen molar-refractivity contribution in [3.8, 4) is 0 Å². The Bertz CT molecular complexity index is 505. The molecule has 0 atom stereocenters. The largest absolute Gasteiger partial charge is 0.368 e. The summed E-state index contributed by atoms with van der Waals surface area (Å²) in [5, 5.41) is 7.18. The van der Waals surface area contributed by atoms with Crippen molar-refractivity contribution >= 4 is 17.6 Å². The molecule has 6 N–H and O–H groups in total. The Balaban J connectivity index is 2.05. The Hall–Kier alpha value is -2.35. The highest BCUT2D eigenvalue weighted by Gasteiger charge is 2.02. The van der Waals surface area contributed by atoms with Crippen LogP contribution in [0.2, 0.25) is 0 Å². The highest BCUT2D eigenvalue weighted by atomic mass is 15.3. The van der Waals surface area contributed by atoms with E-state index in [-0.39, 0.29) is 5.95 Å². The van der Waals surface area contributed by atoms with Gasteiger partial charge in [0, 0.05) is 31.4 Å². The molecule has 8 nitrogen and oxygen atoms in total. The van der Waals surface area contributed by atoms with Crippen LogP contribution in [0.1, 0.15) is 5.56 Å². The van der Waals surface area contributed by atoms with E-state index < -0.39 is 0 Å². The zero-order valence-corrected chi connectivity index (χ0v) is 9.38. The van der Waals surface area contributed by atoms with Crippen molar-refractivity contribution < 1.29 is 0 Å². The maximum absolute atomic E-state index is 5.53. The SMILES string of the molecule is Cn1cc(CNc2cc(NN)nc(N)n2)cn1. The second kappa shape index (κ2) is 4.66. The molecule has 0 fully saturated rings. The maximum Gasteiger partial charge on any atom is 0.223 e. The van der Waals surface area contributed by atoms with Crippen LogP contribution in [0.5, 0.6) is 0 Å². The molecule has 0 spiro atoms. The minimum absolute atomic E-state index is 0.161. The number of nitrogens with one attached hydrogen (secondary N) is 2. The molecule has 0 bridgehead atoms. The molecule has 0 saturated heterocycles. The van der Waals surface area contributed by atoms with E-state index in [1.807, 2.05) is 13.2 Å². The van der Waals surface area contributed by atoms with Gasteiger partial charge in [-0.15, -0.1) is 0 Å². The average molecular weight is 234 g/mol. The topological polar surface area (TPSA) is 120 Å². The van der Waals surface area contributed by atoms with Gasteiger partial charge in [0.1, 0.15) is 11.6 Å². The summed E-state index contributed by atoms with van der Waals surface area (Å²) in [5.41, 5.74) is 9.00. The van der Waals surface area contributed by atoms with E-state index in [4.69, 9.17) is 11.6 Å². The summed E-state index contributed by atoms with van der Waals surface area (Å²) < 4.78 is 1.73. The fourth-order valence-corrected chi connectivity index (χ4v) is 1.39. The molecule has 0 aromatic carbocycles. The van der Waals surface area contributed by atoms with Crippen molar-refractivity contribution in [3.63, 3.8) is 0 Å². The molecule has 2 aromatic rings. The van der Waals surface area contributed by atoms with Gasteiger partial charge in [0.15, 0.2) is 0 Å². The highest BCUT2D eigenvalue weighted by molar-refractivity contribution is 5.50. The van der Waals surface area contributed by atoms with Crippen LogP contribution in [0.15, 0.2) is 18.5 Å². The monoisotopic (exact) mass is 234 g/mol. The third-order valence-electron chi connectivity index (χ3n) is 2.12. The van der Waals surface area contributed by atoms with Gasteiger partial charge >= 0.3 is 0 Å². The number of hydrazine groups is 1. The fourth-order valence-electron chi connectivity index (χ4n) is 1.39. The van der Waals surface area contributed by atoms with Gasteiger partial charge in [-0.05, 0) is 0 Å². The van der Waals surface area contributed by atoms with Crippen molar-refractivity contribution in [2.75, 3.05) is 16.5 Å². The van der Waals surface area contributed by atoms with E-state index in [2.05, 4.69) is 25.8 Å². The van der Waals surface area contributed by atoms with E-state index in [9.17, 15) is 0 Å². The minimum Gasteiger partial charge on any atom is -0.368 e. The minimum atomic E-state index is 0.161. The summed E-state index contributed by atoms with van der Waals surface area (Å²) in [6.45, 7) is 0.605. The number of nitrogen functional groups attached to an aromatic ring is 2. The number of aryl methyl sites for hydroxylation is 1. The predicted molar refractivity (Wildman–Crippen MR) is 64.8 cm³/mol. The maximum atomic E-state index is 5.53. The van der Waals surface area contributed by atoms with Crippen molar-refractivity contribution in [2.24, 2.45) is 12.9 Å². The molecule has 8 heteroatoms. The molecule has 90 valence electrons. The van der Waals surface area contributed by atoms with Gasteiger partial charge < -0.3 is 16.5 Å². The van der Waals surface area contributed by atoms with Crippen molar-refractivity contribution in [1.82, 2.24) is 19.7 Å². The lowest BCUT2D eigenvalue weighted by Crippen LogP contribution is -2.12. The van der Waals surface area contributed by atoms with Gasteiger partial charge in [0.2, 0.25) is 5.95 Å². The first-order valence-electron chi connectivity index (χ1n) is 5.00. The van der Waals surface area contributed by atoms with Crippen molar-refractivity contribution in [2.45, 2.75) is 6.54 Å². The summed E-state index contributed by atoms with van der Waals surface area (Å²) in [5.74, 6) is 6.49. The van der Waals surface area contributed by atoms with E-state index in [0.717, 1.165) is 5.56 Å². The zero-order valence-electron chi connectivity index (χ0n) is 9.38. The number of anilines is 3. The summed E-state index contributed by atoms with van der Waals surface area (Å²) in [4.78, 5) is 7.92. The summed E-state index contributed by atoms with van der Waals surface area (Å²) in [6.07, 6.45) is 3.69. The molecular weight excluding hydrogens is 220 g/mol. The second-order valence-electron chi connectivity index (χ2n) is 3.52. The van der Waals surface area contributed by atoms with Crippen LogP contribution in [0.4, 0.5) is 17.6 Å². The van der Waals surface area contributed by atoms with E-state index in [1.165, 1.54) is 0 Å². The number of hydrogen-bond donors (Lipinski definition) is 4. The quantitative estimate of drug-likeness (QED) is 0.423. The first kappa shape index (κ1) is 11.1. The lowest BCUT2D eigenvalue weighted by Gasteiger charge is -2.06. The molecule has 0 saturated carbocycles. The zero-order chi connectivity index (χ0) is 12.3. The van der Waals surface area contributed by atoms with Gasteiger partial charge in [-0.25, -0.2) is 5.84 Å². The summed E-state index contributed by atoms with van der Waals surface area (Å²) in [6, 6.07) is 1.67. The van der Waals surface area contributed by atoms with Gasteiger partial charge in [0.05, 0.1) is 6.20 Å². The van der Waals surface area contributed by atoms with Crippen molar-refractivity contribution in [1.29, 1.82) is 0 Å². The number of hydrogen-bond acceptors (Lipinski definition) is 7. The highest BCUT2D eigenvalue weighted by Crippen LogP contribution is 2.12. The van der Waals surface area contributed by atoms with Gasteiger partial charge in [0.25, 0.3) is 0 Å². The molecule has 0 aliphatic rings. The first-order chi connectivity index (χ1) is 8.17. The Kier molecular flexibility index (Phi) is 3.06. The second-order valence-corrected chi connectivity index (χ2v) is 3.52. The number of nitrogens with two attached hydrogens (primary N) is 2. The molecule has 0 aliphatic heterocycles. The van der Waals surface area contributed by atoms with Gasteiger partial charge in [-0.2, -0.15) is 15.1 Å². The first-order valence-corrected chi connectivity index (χ1v) is 5.00. The van der Waals surface area contributed by atoms with Crippen LogP contribution < -0.4 is 22.3 Å². The Morgan fingerprint density at radius 2 is 2.12 bits per heavy atom. The van der Waals surface area contributed by atoms with Crippen LogP contribution in [0.3, 0.4) is 0 Å². The Labute approximate surface area is 98.0 Å². The van der Waals surface area contributed by atoms with Crippen molar-refractivity contribution in [3.05, 3.63) is 24.0 Å². The van der Waals surface area contributed by atoms with Crippen LogP contribution in [0.25, 0.3) is 0 Å². The summed E-state index contributed by atoms with van der Waals surface area (Å²) >= 11 is 0. The third kappa shape index (κ3) is 2.82. The van der Waals surface area contributed by atoms with Crippen LogP contribution in [-0.2, 0) is 13.6 Å². The normalized spacial score (nSPS) is 10.2. The number of aromatic nitrogens is 4. The smallest absolute Gasteiger partial charge is 0.223 e. The lowest BCUT2D eigenvalue weighted by atomic mass is 10.3. The van der Waals surface area contributed by atoms with Crippen LogP contribution in [0, 0.1) is 0 Å². The molecule has 2 rings (SSSR count). The molecule has 0 radical (unpaired) electrons.